The number of likely N-dealkylation sites (N-methyl/N-ethyl adjacent to an activating group) is 1. The van der Waals surface area contributed by atoms with E-state index in [4.69, 9.17) is 0 Å². The minimum absolute atomic E-state index is 0.0355. The molecule has 1 atom stereocenters. The number of nitrogens with zero attached hydrogens (tertiary/aromatic N) is 2. The molecule has 0 saturated heterocycles. The number of carbonyl (C=O) groups is 1. The van der Waals surface area contributed by atoms with Crippen LogP contribution >= 0.6 is 11.3 Å². The second-order valence-corrected chi connectivity index (χ2v) is 6.90. The predicted octanol–water partition coefficient (Wildman–Crippen LogP) is 4.03. The molecule has 0 saturated carbocycles. The lowest BCUT2D eigenvalue weighted by molar-refractivity contribution is -0.120. The number of para-hydroxylation sites is 1. The highest BCUT2D eigenvalue weighted by Gasteiger charge is 2.20. The highest BCUT2D eigenvalue weighted by molar-refractivity contribution is 7.18. The third kappa shape index (κ3) is 4.00. The van der Waals surface area contributed by atoms with E-state index >= 15 is 0 Å². The van der Waals surface area contributed by atoms with Gasteiger partial charge in [0.2, 0.25) is 5.91 Å². The molecule has 0 spiro atoms. The molecule has 0 aliphatic rings. The van der Waals surface area contributed by atoms with Crippen LogP contribution < -0.4 is 5.32 Å². The Hall–Kier alpha value is -2.38. The Bertz CT molecular complexity index is 879. The Kier molecular flexibility index (Phi) is 5.06. The maximum Gasteiger partial charge on any atom is 0.241 e. The quantitative estimate of drug-likeness (QED) is 0.746. The number of aromatic nitrogens is 1. The van der Waals surface area contributed by atoms with Gasteiger partial charge in [0.05, 0.1) is 28.5 Å². The molecule has 1 unspecified atom stereocenters. The first-order chi connectivity index (χ1) is 11.9. The van der Waals surface area contributed by atoms with Gasteiger partial charge in [0.25, 0.3) is 0 Å². The van der Waals surface area contributed by atoms with Gasteiger partial charge in [-0.15, -0.1) is 11.3 Å². The molecule has 1 N–H and O–H groups in total. The van der Waals surface area contributed by atoms with Crippen LogP contribution in [0.2, 0.25) is 0 Å². The molecule has 0 bridgehead atoms. The summed E-state index contributed by atoms with van der Waals surface area (Å²) in [6.07, 6.45) is 0. The Morgan fingerprint density at radius 2 is 2.04 bits per heavy atom. The van der Waals surface area contributed by atoms with Crippen LogP contribution in [0, 0.1) is 11.6 Å². The molecule has 130 valence electrons. The number of halogens is 2. The zero-order valence-electron chi connectivity index (χ0n) is 13.8. The molecule has 0 radical (unpaired) electrons. The van der Waals surface area contributed by atoms with E-state index in [1.807, 2.05) is 29.2 Å². The summed E-state index contributed by atoms with van der Waals surface area (Å²) in [5.74, 6) is -1.85. The maximum atomic E-state index is 13.7. The van der Waals surface area contributed by atoms with Crippen molar-refractivity contribution < 1.29 is 13.6 Å². The van der Waals surface area contributed by atoms with E-state index in [0.29, 0.717) is 6.54 Å². The second-order valence-electron chi connectivity index (χ2n) is 5.78. The van der Waals surface area contributed by atoms with Crippen molar-refractivity contribution in [3.63, 3.8) is 0 Å². The average molecular weight is 361 g/mol. The number of hydrogen-bond donors (Lipinski definition) is 1. The number of carbonyl (C=O) groups excluding carboxylic acids is 1. The summed E-state index contributed by atoms with van der Waals surface area (Å²) >= 11 is 1.58. The zero-order chi connectivity index (χ0) is 18.0. The van der Waals surface area contributed by atoms with Crippen LogP contribution in [0.25, 0.3) is 10.2 Å². The molecule has 1 amide bonds. The Balaban J connectivity index is 1.66. The van der Waals surface area contributed by atoms with Gasteiger partial charge in [-0.2, -0.15) is 0 Å². The number of amides is 1. The smallest absolute Gasteiger partial charge is 0.241 e. The van der Waals surface area contributed by atoms with E-state index in [0.717, 1.165) is 27.4 Å². The van der Waals surface area contributed by atoms with Crippen molar-refractivity contribution in [1.29, 1.82) is 0 Å². The first-order valence-electron chi connectivity index (χ1n) is 7.74. The molecule has 1 heterocycles. The summed E-state index contributed by atoms with van der Waals surface area (Å²) in [6.45, 7) is 2.23. The molecule has 3 aromatic rings. The van der Waals surface area contributed by atoms with Crippen molar-refractivity contribution in [2.45, 2.75) is 19.5 Å². The van der Waals surface area contributed by atoms with Crippen molar-refractivity contribution in [2.75, 3.05) is 12.4 Å². The van der Waals surface area contributed by atoms with Gasteiger partial charge in [0.1, 0.15) is 16.6 Å². The first kappa shape index (κ1) is 17.4. The average Bonchev–Trinajstić information content (AvgIpc) is 2.98. The van der Waals surface area contributed by atoms with Gasteiger partial charge in [-0.1, -0.05) is 12.1 Å². The summed E-state index contributed by atoms with van der Waals surface area (Å²) in [5, 5.41) is 3.39. The number of benzene rings is 2. The van der Waals surface area contributed by atoms with Gasteiger partial charge in [-0.05, 0) is 38.2 Å². The van der Waals surface area contributed by atoms with Crippen molar-refractivity contribution in [2.24, 2.45) is 0 Å². The molecule has 0 aliphatic carbocycles. The van der Waals surface area contributed by atoms with Crippen LogP contribution in [0.5, 0.6) is 0 Å². The second kappa shape index (κ2) is 7.25. The number of anilines is 1. The van der Waals surface area contributed by atoms with Crippen LogP contribution in [0.15, 0.2) is 42.5 Å². The first-order valence-corrected chi connectivity index (χ1v) is 8.56. The topological polar surface area (TPSA) is 45.2 Å². The van der Waals surface area contributed by atoms with Crippen molar-refractivity contribution in [3.05, 3.63) is 59.1 Å². The summed E-state index contributed by atoms with van der Waals surface area (Å²) in [6, 6.07) is 10.4. The molecule has 25 heavy (non-hydrogen) atoms. The molecule has 0 aliphatic heterocycles. The van der Waals surface area contributed by atoms with Gasteiger partial charge in [0.15, 0.2) is 0 Å². The fourth-order valence-electron chi connectivity index (χ4n) is 2.37. The maximum absolute atomic E-state index is 13.7. The van der Waals surface area contributed by atoms with Gasteiger partial charge >= 0.3 is 0 Å². The largest absolute Gasteiger partial charge is 0.322 e. The highest BCUT2D eigenvalue weighted by Crippen LogP contribution is 2.23. The minimum Gasteiger partial charge on any atom is -0.322 e. The van der Waals surface area contributed by atoms with E-state index in [2.05, 4.69) is 10.3 Å². The lowest BCUT2D eigenvalue weighted by atomic mass is 10.2. The third-order valence-electron chi connectivity index (χ3n) is 3.95. The van der Waals surface area contributed by atoms with Crippen LogP contribution in [0.1, 0.15) is 11.9 Å². The van der Waals surface area contributed by atoms with Gasteiger partial charge < -0.3 is 5.32 Å². The molecule has 3 rings (SSSR count). The minimum atomic E-state index is -0.797. The van der Waals surface area contributed by atoms with Crippen molar-refractivity contribution in [3.8, 4) is 0 Å². The molecular weight excluding hydrogens is 344 g/mol. The van der Waals surface area contributed by atoms with Crippen molar-refractivity contribution >= 4 is 33.1 Å². The van der Waals surface area contributed by atoms with Crippen molar-refractivity contribution in [1.82, 2.24) is 9.88 Å². The van der Waals surface area contributed by atoms with Crippen LogP contribution in [0.3, 0.4) is 0 Å². The van der Waals surface area contributed by atoms with E-state index in [-0.39, 0.29) is 11.6 Å². The van der Waals surface area contributed by atoms with Crippen LogP contribution in [-0.4, -0.2) is 28.9 Å². The Labute approximate surface area is 148 Å². The summed E-state index contributed by atoms with van der Waals surface area (Å²) in [5.41, 5.74) is 0.896. The number of rotatable bonds is 5. The van der Waals surface area contributed by atoms with E-state index < -0.39 is 17.7 Å². The summed E-state index contributed by atoms with van der Waals surface area (Å²) < 4.78 is 27.7. The highest BCUT2D eigenvalue weighted by atomic mass is 32.1. The molecule has 2 aromatic carbocycles. The summed E-state index contributed by atoms with van der Waals surface area (Å²) in [7, 11) is 1.80. The predicted molar refractivity (Wildman–Crippen MR) is 95.5 cm³/mol. The molecule has 7 heteroatoms. The van der Waals surface area contributed by atoms with E-state index in [1.165, 1.54) is 6.07 Å². The third-order valence-corrected chi connectivity index (χ3v) is 4.97. The number of nitrogens with one attached hydrogen (secondary N) is 1. The molecule has 4 nitrogen and oxygen atoms in total. The number of thiazole rings is 1. The standard InChI is InChI=1S/C18H17F2N3OS/c1-11(18(24)22-14-8-7-12(19)9-13(14)20)23(2)10-17-21-15-5-3-4-6-16(15)25-17/h3-9,11H,10H2,1-2H3,(H,22,24). The van der Waals surface area contributed by atoms with Gasteiger partial charge in [0, 0.05) is 6.07 Å². The fourth-order valence-corrected chi connectivity index (χ4v) is 3.40. The monoisotopic (exact) mass is 361 g/mol. The summed E-state index contributed by atoms with van der Waals surface area (Å²) in [4.78, 5) is 18.7. The van der Waals surface area contributed by atoms with Crippen LogP contribution in [0.4, 0.5) is 14.5 Å². The SMILES string of the molecule is CC(C(=O)Nc1ccc(F)cc1F)N(C)Cc1nc2ccccc2s1. The van der Waals surface area contributed by atoms with Gasteiger partial charge in [-0.25, -0.2) is 13.8 Å². The lowest BCUT2D eigenvalue weighted by Crippen LogP contribution is -2.39. The molecule has 0 fully saturated rings. The molecule has 1 aromatic heterocycles. The van der Waals surface area contributed by atoms with Crippen LogP contribution in [-0.2, 0) is 11.3 Å². The van der Waals surface area contributed by atoms with E-state index in [9.17, 15) is 13.6 Å². The Morgan fingerprint density at radius 3 is 2.76 bits per heavy atom. The number of hydrogen-bond acceptors (Lipinski definition) is 4. The lowest BCUT2D eigenvalue weighted by Gasteiger charge is -2.22. The zero-order valence-corrected chi connectivity index (χ0v) is 14.6. The molecular formula is C18H17F2N3OS. The van der Waals surface area contributed by atoms with Gasteiger partial charge in [-0.3, -0.25) is 9.69 Å². The Morgan fingerprint density at radius 1 is 1.28 bits per heavy atom. The van der Waals surface area contributed by atoms with E-state index in [1.54, 1.807) is 25.3 Å². The normalized spacial score (nSPS) is 12.5. The fraction of sp³-hybridized carbons (Fsp3) is 0.222. The number of fused-ring (bicyclic) bond motifs is 1.